The number of halogens is 2. The Hall–Kier alpha value is -3.32. The minimum atomic E-state index is -2.12. The molecule has 0 unspecified atom stereocenters. The number of anilines is 1. The molecule has 6 rings (SSSR count). The van der Waals surface area contributed by atoms with E-state index in [2.05, 4.69) is 0 Å². The van der Waals surface area contributed by atoms with Crippen LogP contribution < -0.4 is 4.90 Å². The van der Waals surface area contributed by atoms with Gasteiger partial charge in [-0.15, -0.1) is 0 Å². The number of hydrogen-bond donors (Lipinski definition) is 0. The molecule has 3 aliphatic rings. The quantitative estimate of drug-likeness (QED) is 0.361. The second-order valence-electron chi connectivity index (χ2n) is 9.03. The van der Waals surface area contributed by atoms with Gasteiger partial charge in [0.25, 0.3) is 0 Å². The normalized spacial score (nSPS) is 24.4. The zero-order chi connectivity index (χ0) is 24.6. The lowest BCUT2D eigenvalue weighted by Crippen LogP contribution is -2.51. The molecule has 0 radical (unpaired) electrons. The van der Waals surface area contributed by atoms with Crippen molar-refractivity contribution in [3.63, 3.8) is 0 Å². The number of carbonyl (C=O) groups excluding carboxylic acids is 4. The molecule has 0 bridgehead atoms. The molecule has 6 nitrogen and oxygen atoms in total. The highest BCUT2D eigenvalue weighted by Gasteiger charge is 2.74. The first kappa shape index (κ1) is 22.2. The van der Waals surface area contributed by atoms with Gasteiger partial charge in [0, 0.05) is 21.2 Å². The Kier molecular flexibility index (Phi) is 4.81. The van der Waals surface area contributed by atoms with E-state index in [1.54, 1.807) is 24.3 Å². The summed E-state index contributed by atoms with van der Waals surface area (Å²) in [7, 11) is 0. The number of benzene rings is 3. The van der Waals surface area contributed by atoms with Crippen molar-refractivity contribution >= 4 is 52.3 Å². The summed E-state index contributed by atoms with van der Waals surface area (Å²) < 4.78 is 6.26. The van der Waals surface area contributed by atoms with Crippen LogP contribution in [0.5, 0.6) is 0 Å². The topological polar surface area (TPSA) is 80.8 Å². The number of carbonyl (C=O) groups is 4. The number of ether oxygens (including phenoxy) is 1. The lowest BCUT2D eigenvalue weighted by molar-refractivity contribution is -0.127. The van der Waals surface area contributed by atoms with Gasteiger partial charge in [-0.1, -0.05) is 77.3 Å². The van der Waals surface area contributed by atoms with Gasteiger partial charge in [-0.2, -0.15) is 0 Å². The zero-order valence-corrected chi connectivity index (χ0v) is 19.8. The van der Waals surface area contributed by atoms with Gasteiger partial charge in [0.1, 0.15) is 0 Å². The molecule has 1 aliphatic carbocycles. The van der Waals surface area contributed by atoms with Crippen LogP contribution in [0.15, 0.2) is 66.7 Å². The molecule has 3 atom stereocenters. The first-order valence-electron chi connectivity index (χ1n) is 11.0. The summed E-state index contributed by atoms with van der Waals surface area (Å²) in [6.07, 6.45) is -0.973. The first-order chi connectivity index (χ1) is 16.7. The number of fused-ring (bicyclic) bond motifs is 3. The number of aryl methyl sites for hydroxylation is 1. The van der Waals surface area contributed by atoms with E-state index in [1.165, 1.54) is 30.3 Å². The molecule has 2 saturated heterocycles. The van der Waals surface area contributed by atoms with Gasteiger partial charge < -0.3 is 4.74 Å². The molecule has 2 aliphatic heterocycles. The third-order valence-corrected chi connectivity index (χ3v) is 7.47. The first-order valence-corrected chi connectivity index (χ1v) is 11.8. The molecule has 35 heavy (non-hydrogen) atoms. The maximum absolute atomic E-state index is 13.9. The predicted octanol–water partition coefficient (Wildman–Crippen LogP) is 5.00. The number of hydrogen-bond acceptors (Lipinski definition) is 5. The monoisotopic (exact) mass is 505 g/mol. The molecule has 0 saturated carbocycles. The molecular formula is C27H17Cl2NO5. The Bertz CT molecular complexity index is 1410. The second-order valence-corrected chi connectivity index (χ2v) is 9.90. The Labute approximate surface area is 210 Å². The fourth-order valence-corrected chi connectivity index (χ4v) is 6.01. The molecule has 2 amide bonds. The molecule has 1 spiro atoms. The molecule has 174 valence electrons. The summed E-state index contributed by atoms with van der Waals surface area (Å²) in [5.74, 6) is -4.87. The summed E-state index contributed by atoms with van der Waals surface area (Å²) in [6.45, 7) is 1.92. The van der Waals surface area contributed by atoms with Crippen LogP contribution in [0.4, 0.5) is 5.69 Å². The molecular weight excluding hydrogens is 489 g/mol. The van der Waals surface area contributed by atoms with Crippen LogP contribution in [0, 0.1) is 18.8 Å². The molecule has 3 aromatic rings. The number of amides is 2. The minimum absolute atomic E-state index is 0.181. The van der Waals surface area contributed by atoms with E-state index in [-0.39, 0.29) is 26.9 Å². The van der Waals surface area contributed by atoms with Gasteiger partial charge in [0.05, 0.1) is 23.6 Å². The highest BCUT2D eigenvalue weighted by atomic mass is 35.5. The lowest BCUT2D eigenvalue weighted by atomic mass is 9.77. The number of nitrogens with zero attached hydrogens (tertiary/aromatic N) is 1. The van der Waals surface area contributed by atoms with Crippen molar-refractivity contribution in [3.05, 3.63) is 99.0 Å². The maximum Gasteiger partial charge on any atom is 0.241 e. The number of rotatable bonds is 2. The highest BCUT2D eigenvalue weighted by molar-refractivity contribution is 6.38. The van der Waals surface area contributed by atoms with Crippen molar-refractivity contribution in [1.82, 2.24) is 0 Å². The van der Waals surface area contributed by atoms with Crippen LogP contribution in [-0.4, -0.2) is 29.0 Å². The fraction of sp³-hybridized carbons (Fsp3) is 0.185. The predicted molar refractivity (Wildman–Crippen MR) is 129 cm³/mol. The molecule has 8 heteroatoms. The molecule has 0 aromatic heterocycles. The van der Waals surface area contributed by atoms with Crippen LogP contribution in [0.1, 0.15) is 37.9 Å². The summed E-state index contributed by atoms with van der Waals surface area (Å²) in [5, 5.41) is 0.485. The molecule has 0 N–H and O–H groups in total. The summed E-state index contributed by atoms with van der Waals surface area (Å²) in [4.78, 5) is 56.2. The molecule has 2 fully saturated rings. The van der Waals surface area contributed by atoms with Crippen molar-refractivity contribution in [2.75, 3.05) is 4.90 Å². The smallest absolute Gasteiger partial charge is 0.241 e. The number of imide groups is 1. The second kappa shape index (κ2) is 7.59. The van der Waals surface area contributed by atoms with E-state index in [0.29, 0.717) is 5.56 Å². The highest BCUT2D eigenvalue weighted by Crippen LogP contribution is 2.57. The zero-order valence-electron chi connectivity index (χ0n) is 18.3. The van der Waals surface area contributed by atoms with Crippen molar-refractivity contribution < 1.29 is 23.9 Å². The lowest BCUT2D eigenvalue weighted by Gasteiger charge is -2.27. The van der Waals surface area contributed by atoms with Gasteiger partial charge in [0.2, 0.25) is 29.0 Å². The van der Waals surface area contributed by atoms with E-state index in [4.69, 9.17) is 27.9 Å². The third-order valence-electron chi connectivity index (χ3n) is 7.03. The van der Waals surface area contributed by atoms with Crippen LogP contribution in [-0.2, 0) is 14.3 Å². The fourth-order valence-electron chi connectivity index (χ4n) is 5.50. The van der Waals surface area contributed by atoms with E-state index in [1.807, 2.05) is 19.1 Å². The average molecular weight is 506 g/mol. The van der Waals surface area contributed by atoms with Crippen molar-refractivity contribution in [1.29, 1.82) is 0 Å². The van der Waals surface area contributed by atoms with E-state index < -0.39 is 46.9 Å². The Morgan fingerprint density at radius 1 is 0.800 bits per heavy atom. The van der Waals surface area contributed by atoms with Crippen molar-refractivity contribution in [3.8, 4) is 0 Å². The maximum atomic E-state index is 13.9. The van der Waals surface area contributed by atoms with Crippen LogP contribution in [0.2, 0.25) is 10.0 Å². The van der Waals surface area contributed by atoms with Crippen LogP contribution >= 0.6 is 23.2 Å². The SMILES string of the molecule is Cc1ccc([C@H]2OC3(C(=O)c4ccccc4C3=O)[C@@H]3C(=O)N(c4cc(Cl)cc(Cl)c4)C(=O)[C@@H]23)cc1. The van der Waals surface area contributed by atoms with Gasteiger partial charge in [-0.3, -0.25) is 19.2 Å². The van der Waals surface area contributed by atoms with Gasteiger partial charge >= 0.3 is 0 Å². The molecule has 3 aromatic carbocycles. The minimum Gasteiger partial charge on any atom is -0.349 e. The van der Waals surface area contributed by atoms with Crippen molar-refractivity contribution in [2.45, 2.75) is 18.6 Å². The standard InChI is InChI=1S/C27H17Cl2NO5/c1-13-6-8-14(9-7-13)22-20-21(26(34)30(25(20)33)17-11-15(28)10-16(29)12-17)27(35-22)23(31)18-4-2-3-5-19(18)24(27)32/h2-12,20-22H,1H3/t20-,21+,22-/m1/s1. The average Bonchev–Trinajstić information content (AvgIpc) is 3.39. The number of Topliss-reactive ketones (excluding diaryl/α,β-unsaturated/α-hetero) is 2. The Morgan fingerprint density at radius 2 is 1.37 bits per heavy atom. The molecule has 2 heterocycles. The van der Waals surface area contributed by atoms with E-state index >= 15 is 0 Å². The number of ketones is 2. The van der Waals surface area contributed by atoms with Gasteiger partial charge in [-0.05, 0) is 30.7 Å². The summed E-state index contributed by atoms with van der Waals surface area (Å²) in [6, 6.07) is 18.0. The van der Waals surface area contributed by atoms with Crippen molar-refractivity contribution in [2.24, 2.45) is 11.8 Å². The Morgan fingerprint density at radius 3 is 1.94 bits per heavy atom. The van der Waals surface area contributed by atoms with Crippen LogP contribution in [0.25, 0.3) is 0 Å². The van der Waals surface area contributed by atoms with E-state index in [0.717, 1.165) is 10.5 Å². The van der Waals surface area contributed by atoms with Crippen LogP contribution in [0.3, 0.4) is 0 Å². The summed E-state index contributed by atoms with van der Waals surface area (Å²) in [5.41, 5.74) is 0.0256. The van der Waals surface area contributed by atoms with E-state index in [9.17, 15) is 19.2 Å². The van der Waals surface area contributed by atoms with Gasteiger partial charge in [0.15, 0.2) is 0 Å². The largest absolute Gasteiger partial charge is 0.349 e. The summed E-state index contributed by atoms with van der Waals surface area (Å²) >= 11 is 12.3. The Balaban J connectivity index is 1.55. The third kappa shape index (κ3) is 2.94. The van der Waals surface area contributed by atoms with Gasteiger partial charge in [-0.25, -0.2) is 4.90 Å².